The Labute approximate surface area is 353 Å². The Bertz CT molecular complexity index is 1620. The molecule has 6 unspecified atom stereocenters. The van der Waals surface area contributed by atoms with E-state index in [2.05, 4.69) is 6.92 Å². The van der Waals surface area contributed by atoms with Gasteiger partial charge in [-0.3, -0.25) is 0 Å². The molecule has 19 heteroatoms. The summed E-state index contributed by atoms with van der Waals surface area (Å²) in [7, 11) is 1.36. The fourth-order valence-electron chi connectivity index (χ4n) is 12.9. The Morgan fingerprint density at radius 1 is 0.770 bits per heavy atom. The van der Waals surface area contributed by atoms with E-state index < -0.39 is 122 Å². The van der Waals surface area contributed by atoms with Crippen molar-refractivity contribution in [2.24, 2.45) is 34.5 Å². The summed E-state index contributed by atoms with van der Waals surface area (Å²) in [5.74, 6) is -0.343. The molecule has 61 heavy (non-hydrogen) atoms. The Hall–Kier alpha value is -1.76. The van der Waals surface area contributed by atoms with Crippen molar-refractivity contribution >= 4 is 12.3 Å². The van der Waals surface area contributed by atoms with Gasteiger partial charge in [-0.2, -0.15) is 0 Å². The number of cyclic esters (lactones) is 1. The van der Waals surface area contributed by atoms with Crippen LogP contribution in [0.1, 0.15) is 71.6 Å². The van der Waals surface area contributed by atoms with E-state index in [0.717, 1.165) is 44.0 Å². The summed E-state index contributed by atoms with van der Waals surface area (Å²) in [4.78, 5) is 25.3. The maximum atomic E-state index is 13.3. The second kappa shape index (κ2) is 17.6. The molecule has 19 nitrogen and oxygen atoms in total. The second-order valence-electron chi connectivity index (χ2n) is 19.1. The van der Waals surface area contributed by atoms with Gasteiger partial charge in [0.15, 0.2) is 18.9 Å². The average Bonchev–Trinajstić information content (AvgIpc) is 3.80. The van der Waals surface area contributed by atoms with E-state index in [-0.39, 0.29) is 42.4 Å². The highest BCUT2D eigenvalue weighted by Crippen LogP contribution is 2.69. The summed E-state index contributed by atoms with van der Waals surface area (Å²) in [6.07, 6.45) is -13.2. The van der Waals surface area contributed by atoms with Gasteiger partial charge in [0.05, 0.1) is 31.0 Å². The first-order valence-electron chi connectivity index (χ1n) is 21.9. The third-order valence-corrected chi connectivity index (χ3v) is 16.3. The van der Waals surface area contributed by atoms with E-state index in [1.54, 1.807) is 13.0 Å². The van der Waals surface area contributed by atoms with Crippen LogP contribution < -0.4 is 0 Å². The Kier molecular flexibility index (Phi) is 13.2. The quantitative estimate of drug-likeness (QED) is 0.0613. The van der Waals surface area contributed by atoms with Crippen LogP contribution in [0, 0.1) is 34.5 Å². The van der Waals surface area contributed by atoms with Gasteiger partial charge in [-0.05, 0) is 94.0 Å². The van der Waals surface area contributed by atoms with Crippen LogP contribution >= 0.6 is 0 Å². The zero-order valence-corrected chi connectivity index (χ0v) is 34.8. The molecule has 0 spiro atoms. The van der Waals surface area contributed by atoms with Crippen LogP contribution in [0.15, 0.2) is 11.6 Å². The molecule has 0 aromatic carbocycles. The number of carbonyl (C=O) groups excluding carboxylic acids is 2. The van der Waals surface area contributed by atoms with Gasteiger partial charge in [0.25, 0.3) is 0 Å². The van der Waals surface area contributed by atoms with Crippen LogP contribution in [-0.2, 0) is 47.5 Å². The first-order valence-corrected chi connectivity index (χ1v) is 21.9. The maximum Gasteiger partial charge on any atom is 0.331 e. The molecule has 4 saturated carbocycles. The number of rotatable bonds is 11. The molecule has 4 aliphatic carbocycles. The lowest BCUT2D eigenvalue weighted by Crippen LogP contribution is -2.65. The van der Waals surface area contributed by atoms with Crippen LogP contribution in [0.3, 0.4) is 0 Å². The Morgan fingerprint density at radius 2 is 1.46 bits per heavy atom. The minimum Gasteiger partial charge on any atom is -0.458 e. The van der Waals surface area contributed by atoms with Crippen molar-refractivity contribution < 1.29 is 93.4 Å². The zero-order chi connectivity index (χ0) is 43.8. The monoisotopic (exact) mass is 872 g/mol. The van der Waals surface area contributed by atoms with Gasteiger partial charge in [0.1, 0.15) is 80.0 Å². The lowest BCUT2D eigenvalue weighted by Gasteiger charge is -2.63. The predicted molar refractivity (Wildman–Crippen MR) is 203 cm³/mol. The van der Waals surface area contributed by atoms with E-state index in [1.807, 2.05) is 0 Å². The van der Waals surface area contributed by atoms with E-state index in [0.29, 0.717) is 25.7 Å². The van der Waals surface area contributed by atoms with Gasteiger partial charge in [-0.25, -0.2) is 4.79 Å². The SMILES string of the molecule is COC1[C@@H](O[C@@H]2OC(CO[C@@H]3OC(CO)[C@H](O)C(O)[C@@H]3O)[C@@H](O)C(O)[C@@H]2O)C(C)O[C@@H](O[C@H]2CC[C@@]3(C=O)[C@H](CC[C@@H]4[C@@H]3CC[C@]3(C)[C@@H](C5=CC(=O)OC5)CC[C@]43O)C2)[C@@H]1O. The van der Waals surface area contributed by atoms with Crippen molar-refractivity contribution in [3.05, 3.63) is 11.6 Å². The van der Waals surface area contributed by atoms with E-state index >= 15 is 0 Å². The average molecular weight is 873 g/mol. The van der Waals surface area contributed by atoms with Crippen molar-refractivity contribution in [1.82, 2.24) is 0 Å². The number of hydrogen-bond donors (Lipinski definition) is 9. The standard InChI is InChI=1S/C42H64O19/c1-18-35(61-38-33(51)31(49)29(47)26(60-38)16-56-37-32(50)30(48)28(46)25(14-43)59-37)36(54-3)34(52)39(57-18)58-21-6-10-41(17-44)20(13-21)4-5-24-23(41)7-9-40(2)22(8-11-42(24,40)53)19-12-27(45)55-15-19/h12,17-18,20-26,28-39,43,46-53H,4-11,13-16H2,1-3H3/t18?,20-,21+,22-,23+,24-,25?,26?,28+,29-,30?,31?,32+,33+,34-,35+,36?,37-,38+,39+,40-,41-,42+/m1/s1. The number of fused-ring (bicyclic) bond motifs is 5. The molecule has 4 aliphatic heterocycles. The van der Waals surface area contributed by atoms with Crippen LogP contribution in [0.2, 0.25) is 0 Å². The molecule has 0 radical (unpaired) electrons. The predicted octanol–water partition coefficient (Wildman–Crippen LogP) is -2.06. The second-order valence-corrected chi connectivity index (χ2v) is 19.1. The van der Waals surface area contributed by atoms with Crippen LogP contribution in [-0.4, -0.2) is 189 Å². The van der Waals surface area contributed by atoms with Gasteiger partial charge in [-0.15, -0.1) is 0 Å². The number of carbonyl (C=O) groups is 2. The highest BCUT2D eigenvalue weighted by atomic mass is 16.8. The highest BCUT2D eigenvalue weighted by molar-refractivity contribution is 5.85. The molecule has 8 aliphatic rings. The molecule has 23 atom stereocenters. The van der Waals surface area contributed by atoms with Gasteiger partial charge < -0.3 is 88.6 Å². The smallest absolute Gasteiger partial charge is 0.331 e. The van der Waals surface area contributed by atoms with Crippen LogP contribution in [0.25, 0.3) is 0 Å². The molecular weight excluding hydrogens is 808 g/mol. The minimum absolute atomic E-state index is 0.000150. The molecule has 346 valence electrons. The van der Waals surface area contributed by atoms with Crippen LogP contribution in [0.5, 0.6) is 0 Å². The first kappa shape index (κ1) is 45.8. The topological polar surface area (TPSA) is 290 Å². The van der Waals surface area contributed by atoms with Crippen molar-refractivity contribution in [1.29, 1.82) is 0 Å². The Morgan fingerprint density at radius 3 is 2.13 bits per heavy atom. The minimum atomic E-state index is -1.79. The van der Waals surface area contributed by atoms with Crippen molar-refractivity contribution in [3.63, 3.8) is 0 Å². The van der Waals surface area contributed by atoms with Crippen molar-refractivity contribution in [2.75, 3.05) is 26.9 Å². The molecule has 8 rings (SSSR count). The van der Waals surface area contributed by atoms with Gasteiger partial charge in [-0.1, -0.05) is 6.92 Å². The van der Waals surface area contributed by atoms with Crippen molar-refractivity contribution in [2.45, 2.75) is 175 Å². The molecule has 0 aromatic heterocycles. The zero-order valence-electron chi connectivity index (χ0n) is 34.8. The molecule has 3 saturated heterocycles. The van der Waals surface area contributed by atoms with Crippen LogP contribution in [0.4, 0.5) is 0 Å². The first-order chi connectivity index (χ1) is 29.0. The number of aldehydes is 1. The Balaban J connectivity index is 0.887. The maximum absolute atomic E-state index is 13.3. The fourth-order valence-corrected chi connectivity index (χ4v) is 12.9. The van der Waals surface area contributed by atoms with Crippen molar-refractivity contribution in [3.8, 4) is 0 Å². The van der Waals surface area contributed by atoms with E-state index in [4.69, 9.17) is 37.9 Å². The summed E-state index contributed by atoms with van der Waals surface area (Å²) in [6.45, 7) is 2.83. The van der Waals surface area contributed by atoms with Gasteiger partial charge in [0, 0.05) is 24.0 Å². The number of aliphatic hydroxyl groups is 9. The normalized spacial score (nSPS) is 53.6. The van der Waals surface area contributed by atoms with Gasteiger partial charge in [0.2, 0.25) is 0 Å². The molecule has 4 heterocycles. The molecule has 0 amide bonds. The summed E-state index contributed by atoms with van der Waals surface area (Å²) in [5, 5.41) is 96.6. The largest absolute Gasteiger partial charge is 0.458 e. The summed E-state index contributed by atoms with van der Waals surface area (Å²) in [5.41, 5.74) is -1.07. The van der Waals surface area contributed by atoms with E-state index in [9.17, 15) is 55.5 Å². The third kappa shape index (κ3) is 7.64. The summed E-state index contributed by atoms with van der Waals surface area (Å²) in [6, 6.07) is 0. The number of aliphatic hydroxyl groups excluding tert-OH is 8. The van der Waals surface area contributed by atoms with Gasteiger partial charge >= 0.3 is 5.97 Å². The molecular formula is C42H64O19. The molecule has 0 bridgehead atoms. The summed E-state index contributed by atoms with van der Waals surface area (Å²) < 4.78 is 46.4. The number of methoxy groups -OCH3 is 1. The number of ether oxygens (including phenoxy) is 8. The summed E-state index contributed by atoms with van der Waals surface area (Å²) >= 11 is 0. The molecule has 7 fully saturated rings. The lowest BCUT2D eigenvalue weighted by molar-refractivity contribution is -0.367. The number of hydrogen-bond acceptors (Lipinski definition) is 19. The molecule has 0 aromatic rings. The lowest BCUT2D eigenvalue weighted by atomic mass is 9.43. The van der Waals surface area contributed by atoms with E-state index in [1.165, 1.54) is 7.11 Å². The fraction of sp³-hybridized carbons (Fsp3) is 0.905. The molecule has 9 N–H and O–H groups in total. The highest BCUT2D eigenvalue weighted by Gasteiger charge is 2.69. The number of esters is 1. The third-order valence-electron chi connectivity index (χ3n) is 16.3.